The molecule has 1 heterocycles. The van der Waals surface area contributed by atoms with Gasteiger partial charge in [-0.25, -0.2) is 0 Å². The molecule has 0 radical (unpaired) electrons. The van der Waals surface area contributed by atoms with Gasteiger partial charge in [-0.15, -0.1) is 0 Å². The van der Waals surface area contributed by atoms with Crippen LogP contribution in [0.15, 0.2) is 18.5 Å². The maximum Gasteiger partial charge on any atom is 0.253 e. The molecule has 0 spiro atoms. The molecule has 1 N–H and O–H groups in total. The quantitative estimate of drug-likeness (QED) is 0.871. The van der Waals surface area contributed by atoms with Crippen LogP contribution in [-0.2, 0) is 4.79 Å². The second-order valence-electron chi connectivity index (χ2n) is 3.66. The van der Waals surface area contributed by atoms with E-state index in [9.17, 15) is 9.59 Å². The van der Waals surface area contributed by atoms with Gasteiger partial charge < -0.3 is 5.32 Å². The summed E-state index contributed by atoms with van der Waals surface area (Å²) in [5, 5.41) is 2.80. The zero-order chi connectivity index (χ0) is 12.1. The summed E-state index contributed by atoms with van der Waals surface area (Å²) in [4.78, 5) is 26.7. The van der Waals surface area contributed by atoms with Gasteiger partial charge in [0.15, 0.2) is 5.78 Å². The van der Waals surface area contributed by atoms with Crippen molar-refractivity contribution in [3.63, 3.8) is 0 Å². The molecular weight excluding hydrogens is 228 g/mol. The number of ketones is 1. The number of rotatable bonds is 4. The Kier molecular flexibility index (Phi) is 4.43. The normalized spacial score (nSPS) is 10.2. The number of amides is 1. The van der Waals surface area contributed by atoms with Crippen molar-refractivity contribution in [2.45, 2.75) is 13.8 Å². The van der Waals surface area contributed by atoms with Gasteiger partial charge in [0, 0.05) is 18.3 Å². The van der Waals surface area contributed by atoms with Crippen molar-refractivity contribution in [2.24, 2.45) is 5.92 Å². The van der Waals surface area contributed by atoms with Crippen LogP contribution in [0.25, 0.3) is 0 Å². The molecule has 0 atom stereocenters. The molecule has 0 aromatic carbocycles. The molecule has 0 unspecified atom stereocenters. The summed E-state index contributed by atoms with van der Waals surface area (Å²) in [7, 11) is 0. The van der Waals surface area contributed by atoms with Crippen LogP contribution >= 0.6 is 11.6 Å². The van der Waals surface area contributed by atoms with E-state index < -0.39 is 0 Å². The highest BCUT2D eigenvalue weighted by atomic mass is 35.5. The SMILES string of the molecule is CC(C)C(=O)CNC(=O)c1ccncc1Cl. The number of aromatic nitrogens is 1. The number of hydrogen-bond acceptors (Lipinski definition) is 3. The first-order chi connectivity index (χ1) is 7.52. The van der Waals surface area contributed by atoms with Crippen LogP contribution in [-0.4, -0.2) is 23.2 Å². The molecule has 0 fully saturated rings. The molecular formula is C11H13ClN2O2. The first-order valence-corrected chi connectivity index (χ1v) is 5.30. The molecule has 0 aliphatic carbocycles. The summed E-state index contributed by atoms with van der Waals surface area (Å²) in [6.07, 6.45) is 2.87. The lowest BCUT2D eigenvalue weighted by Crippen LogP contribution is -2.31. The Morgan fingerprint density at radius 3 is 2.75 bits per heavy atom. The molecule has 4 nitrogen and oxygen atoms in total. The third-order valence-corrected chi connectivity index (χ3v) is 2.39. The number of carbonyl (C=O) groups excluding carboxylic acids is 2. The monoisotopic (exact) mass is 240 g/mol. The zero-order valence-electron chi connectivity index (χ0n) is 9.16. The molecule has 86 valence electrons. The van der Waals surface area contributed by atoms with E-state index in [2.05, 4.69) is 10.3 Å². The molecule has 0 bridgehead atoms. The van der Waals surface area contributed by atoms with Crippen LogP contribution in [0.4, 0.5) is 0 Å². The third-order valence-electron chi connectivity index (χ3n) is 2.08. The molecule has 16 heavy (non-hydrogen) atoms. The average molecular weight is 241 g/mol. The molecule has 1 aromatic rings. The third kappa shape index (κ3) is 3.31. The van der Waals surface area contributed by atoms with Crippen LogP contribution in [0.1, 0.15) is 24.2 Å². The molecule has 5 heteroatoms. The van der Waals surface area contributed by atoms with Crippen molar-refractivity contribution in [3.05, 3.63) is 29.0 Å². The van der Waals surface area contributed by atoms with E-state index in [0.717, 1.165) is 0 Å². The summed E-state index contributed by atoms with van der Waals surface area (Å²) in [5.41, 5.74) is 0.327. The van der Waals surface area contributed by atoms with Gasteiger partial charge in [-0.3, -0.25) is 14.6 Å². The maximum absolute atomic E-state index is 11.6. The first-order valence-electron chi connectivity index (χ1n) is 4.92. The van der Waals surface area contributed by atoms with Crippen molar-refractivity contribution >= 4 is 23.3 Å². The van der Waals surface area contributed by atoms with Gasteiger partial charge in [-0.05, 0) is 6.07 Å². The van der Waals surface area contributed by atoms with E-state index in [4.69, 9.17) is 11.6 Å². The number of nitrogens with zero attached hydrogens (tertiary/aromatic N) is 1. The smallest absolute Gasteiger partial charge is 0.253 e. The molecule has 0 saturated carbocycles. The van der Waals surface area contributed by atoms with Gasteiger partial charge in [0.05, 0.1) is 17.1 Å². The van der Waals surface area contributed by atoms with Crippen LogP contribution in [0.3, 0.4) is 0 Å². The van der Waals surface area contributed by atoms with E-state index in [1.54, 1.807) is 13.8 Å². The average Bonchev–Trinajstić information content (AvgIpc) is 2.25. The fourth-order valence-corrected chi connectivity index (χ4v) is 1.23. The molecule has 0 aliphatic heterocycles. The minimum Gasteiger partial charge on any atom is -0.345 e. The molecule has 0 aliphatic rings. The standard InChI is InChI=1S/C11H13ClN2O2/c1-7(2)10(15)6-14-11(16)8-3-4-13-5-9(8)12/h3-5,7H,6H2,1-2H3,(H,14,16). The number of hydrogen-bond donors (Lipinski definition) is 1. The number of nitrogens with one attached hydrogen (secondary N) is 1. The highest BCUT2D eigenvalue weighted by molar-refractivity contribution is 6.33. The summed E-state index contributed by atoms with van der Waals surface area (Å²) >= 11 is 5.79. The van der Waals surface area contributed by atoms with E-state index >= 15 is 0 Å². The van der Waals surface area contributed by atoms with Crippen LogP contribution in [0.5, 0.6) is 0 Å². The van der Waals surface area contributed by atoms with Crippen LogP contribution in [0, 0.1) is 5.92 Å². The van der Waals surface area contributed by atoms with Gasteiger partial charge in [0.25, 0.3) is 5.91 Å². The van der Waals surface area contributed by atoms with Gasteiger partial charge in [0.1, 0.15) is 0 Å². The largest absolute Gasteiger partial charge is 0.345 e. The second-order valence-corrected chi connectivity index (χ2v) is 4.07. The Hall–Kier alpha value is -1.42. The fourth-order valence-electron chi connectivity index (χ4n) is 1.03. The lowest BCUT2D eigenvalue weighted by atomic mass is 10.1. The van der Waals surface area contributed by atoms with Crippen molar-refractivity contribution in [3.8, 4) is 0 Å². The van der Waals surface area contributed by atoms with Crippen molar-refractivity contribution < 1.29 is 9.59 Å². The highest BCUT2D eigenvalue weighted by Gasteiger charge is 2.12. The Bertz CT molecular complexity index is 405. The fraction of sp³-hybridized carbons (Fsp3) is 0.364. The predicted molar refractivity (Wildman–Crippen MR) is 61.4 cm³/mol. The lowest BCUT2D eigenvalue weighted by molar-refractivity contribution is -0.120. The zero-order valence-corrected chi connectivity index (χ0v) is 9.91. The molecule has 0 saturated heterocycles. The maximum atomic E-state index is 11.6. The molecule has 1 aromatic heterocycles. The molecule has 1 rings (SSSR count). The Morgan fingerprint density at radius 1 is 1.50 bits per heavy atom. The number of Topliss-reactive ketones (excluding diaryl/α,β-unsaturated/α-hetero) is 1. The van der Waals surface area contributed by atoms with E-state index in [-0.39, 0.29) is 29.2 Å². The second kappa shape index (κ2) is 5.61. The van der Waals surface area contributed by atoms with E-state index in [1.807, 2.05) is 0 Å². The van der Waals surface area contributed by atoms with Gasteiger partial charge in [-0.2, -0.15) is 0 Å². The summed E-state index contributed by atoms with van der Waals surface area (Å²) < 4.78 is 0. The van der Waals surface area contributed by atoms with Crippen molar-refractivity contribution in [1.82, 2.24) is 10.3 Å². The Balaban J connectivity index is 2.60. The highest BCUT2D eigenvalue weighted by Crippen LogP contribution is 2.12. The van der Waals surface area contributed by atoms with Crippen LogP contribution < -0.4 is 5.32 Å². The lowest BCUT2D eigenvalue weighted by Gasteiger charge is -2.07. The van der Waals surface area contributed by atoms with Crippen molar-refractivity contribution in [1.29, 1.82) is 0 Å². The number of halogens is 1. The van der Waals surface area contributed by atoms with Crippen LogP contribution in [0.2, 0.25) is 5.02 Å². The minimum atomic E-state index is -0.360. The van der Waals surface area contributed by atoms with Gasteiger partial charge >= 0.3 is 0 Å². The van der Waals surface area contributed by atoms with Gasteiger partial charge in [0.2, 0.25) is 0 Å². The Labute approximate surface area is 99.0 Å². The summed E-state index contributed by atoms with van der Waals surface area (Å²) in [5.74, 6) is -0.465. The van der Waals surface area contributed by atoms with E-state index in [1.165, 1.54) is 18.5 Å². The number of carbonyl (C=O) groups is 2. The summed E-state index contributed by atoms with van der Waals surface area (Å²) in [6.45, 7) is 3.59. The number of pyridine rings is 1. The predicted octanol–water partition coefficient (Wildman–Crippen LogP) is 1.69. The first kappa shape index (κ1) is 12.6. The minimum absolute atomic E-state index is 0.0153. The van der Waals surface area contributed by atoms with Crippen molar-refractivity contribution in [2.75, 3.05) is 6.54 Å². The Morgan fingerprint density at radius 2 is 2.19 bits per heavy atom. The summed E-state index contributed by atoms with van der Waals surface area (Å²) in [6, 6.07) is 1.51. The van der Waals surface area contributed by atoms with Gasteiger partial charge in [-0.1, -0.05) is 25.4 Å². The topological polar surface area (TPSA) is 59.1 Å². The van der Waals surface area contributed by atoms with E-state index in [0.29, 0.717) is 5.56 Å². The molecule has 1 amide bonds.